The van der Waals surface area contributed by atoms with Crippen molar-refractivity contribution in [3.8, 4) is 5.69 Å². The molecule has 0 fully saturated rings. The molecule has 0 radical (unpaired) electrons. The van der Waals surface area contributed by atoms with Crippen LogP contribution in [0, 0.1) is 0 Å². The quantitative estimate of drug-likeness (QED) is 0.679. The number of halogens is 4. The molecule has 2 N–H and O–H groups in total. The standard InChI is InChI=1S/C16H18F3N5O3.ClH/c1-2-5-23(8-15(26)27)7-14(25)22-12-6-11(16(17,18)19)3-4-13(12)24-10-20-9-21-24;/h3-4,6,9-10H,2,5,7-8H2,1H3,(H,22,25)(H,26,27);1H. The fourth-order valence-corrected chi connectivity index (χ4v) is 2.46. The third-order valence-corrected chi connectivity index (χ3v) is 3.53. The van der Waals surface area contributed by atoms with Gasteiger partial charge in [0.25, 0.3) is 0 Å². The van der Waals surface area contributed by atoms with E-state index in [1.54, 1.807) is 0 Å². The number of anilines is 1. The summed E-state index contributed by atoms with van der Waals surface area (Å²) in [7, 11) is 0. The lowest BCUT2D eigenvalue weighted by atomic mass is 10.1. The second-order valence-electron chi connectivity index (χ2n) is 5.72. The number of aliphatic carboxylic acids is 1. The highest BCUT2D eigenvalue weighted by Gasteiger charge is 2.31. The van der Waals surface area contributed by atoms with Gasteiger partial charge in [-0.05, 0) is 31.2 Å². The first-order valence-electron chi connectivity index (χ1n) is 8.01. The summed E-state index contributed by atoms with van der Waals surface area (Å²) in [6, 6.07) is 2.85. The van der Waals surface area contributed by atoms with Crippen LogP contribution in [-0.4, -0.2) is 56.3 Å². The second-order valence-corrected chi connectivity index (χ2v) is 5.72. The van der Waals surface area contributed by atoms with Crippen molar-refractivity contribution in [3.05, 3.63) is 36.4 Å². The van der Waals surface area contributed by atoms with Gasteiger partial charge in [0, 0.05) is 0 Å². The summed E-state index contributed by atoms with van der Waals surface area (Å²) in [5.74, 6) is -1.73. The predicted octanol–water partition coefficient (Wildman–Crippen LogP) is 2.44. The number of nitrogens with zero attached hydrogens (tertiary/aromatic N) is 4. The highest BCUT2D eigenvalue weighted by molar-refractivity contribution is 5.94. The minimum absolute atomic E-state index is 0. The van der Waals surface area contributed by atoms with E-state index in [1.807, 2.05) is 6.92 Å². The maximum atomic E-state index is 13.0. The van der Waals surface area contributed by atoms with Gasteiger partial charge in [-0.1, -0.05) is 6.92 Å². The number of carboxylic acid groups (broad SMARTS) is 1. The van der Waals surface area contributed by atoms with Crippen molar-refractivity contribution in [2.75, 3.05) is 25.0 Å². The van der Waals surface area contributed by atoms with Gasteiger partial charge in [0.1, 0.15) is 12.7 Å². The number of nitrogens with one attached hydrogen (secondary N) is 1. The van der Waals surface area contributed by atoms with Gasteiger partial charge in [0.05, 0.1) is 30.0 Å². The summed E-state index contributed by atoms with van der Waals surface area (Å²) >= 11 is 0. The number of hydrogen-bond donors (Lipinski definition) is 2. The van der Waals surface area contributed by atoms with Crippen molar-refractivity contribution in [2.24, 2.45) is 0 Å². The minimum atomic E-state index is -4.59. The van der Waals surface area contributed by atoms with Crippen LogP contribution in [-0.2, 0) is 15.8 Å². The fourth-order valence-electron chi connectivity index (χ4n) is 2.46. The Kier molecular flexibility index (Phi) is 8.38. The molecule has 0 atom stereocenters. The number of amides is 1. The second kappa shape index (κ2) is 10.0. The van der Waals surface area contributed by atoms with Crippen LogP contribution < -0.4 is 5.32 Å². The smallest absolute Gasteiger partial charge is 0.416 e. The molecular weight excluding hydrogens is 403 g/mol. The maximum absolute atomic E-state index is 13.0. The highest BCUT2D eigenvalue weighted by Crippen LogP contribution is 2.33. The predicted molar refractivity (Wildman–Crippen MR) is 96.6 cm³/mol. The molecule has 0 aliphatic carbocycles. The van der Waals surface area contributed by atoms with E-state index in [0.717, 1.165) is 12.1 Å². The third-order valence-electron chi connectivity index (χ3n) is 3.53. The molecule has 0 aliphatic rings. The van der Waals surface area contributed by atoms with Crippen LogP contribution >= 0.6 is 12.4 Å². The number of aromatic nitrogens is 3. The van der Waals surface area contributed by atoms with E-state index in [-0.39, 0.29) is 36.9 Å². The van der Waals surface area contributed by atoms with Crippen molar-refractivity contribution < 1.29 is 27.9 Å². The Labute approximate surface area is 164 Å². The molecule has 1 amide bonds. The molecule has 0 aliphatic heterocycles. The lowest BCUT2D eigenvalue weighted by molar-refractivity contribution is -0.139. The van der Waals surface area contributed by atoms with Crippen molar-refractivity contribution in [1.29, 1.82) is 0 Å². The van der Waals surface area contributed by atoms with Gasteiger partial charge >= 0.3 is 12.1 Å². The number of alkyl halides is 3. The zero-order valence-corrected chi connectivity index (χ0v) is 15.6. The molecule has 1 aromatic heterocycles. The van der Waals surface area contributed by atoms with Crippen molar-refractivity contribution in [1.82, 2.24) is 19.7 Å². The van der Waals surface area contributed by atoms with E-state index in [4.69, 9.17) is 5.11 Å². The number of rotatable bonds is 8. The highest BCUT2D eigenvalue weighted by atomic mass is 35.5. The molecule has 2 rings (SSSR count). The Morgan fingerprint density at radius 2 is 2.00 bits per heavy atom. The van der Waals surface area contributed by atoms with Crippen LogP contribution in [0.1, 0.15) is 18.9 Å². The summed E-state index contributed by atoms with van der Waals surface area (Å²) in [6.45, 7) is 1.56. The van der Waals surface area contributed by atoms with Gasteiger partial charge in [-0.25, -0.2) is 9.67 Å². The molecule has 12 heteroatoms. The molecule has 0 spiro atoms. The van der Waals surface area contributed by atoms with Crippen LogP contribution in [0.2, 0.25) is 0 Å². The Hall–Kier alpha value is -2.66. The Morgan fingerprint density at radius 3 is 2.54 bits per heavy atom. The van der Waals surface area contributed by atoms with E-state index in [9.17, 15) is 22.8 Å². The molecule has 154 valence electrons. The third kappa shape index (κ3) is 6.50. The monoisotopic (exact) mass is 421 g/mol. The first-order valence-corrected chi connectivity index (χ1v) is 8.01. The zero-order chi connectivity index (χ0) is 20.0. The van der Waals surface area contributed by atoms with E-state index < -0.39 is 23.6 Å². The molecule has 8 nitrogen and oxygen atoms in total. The summed E-state index contributed by atoms with van der Waals surface area (Å²) in [5.41, 5.74) is -0.834. The summed E-state index contributed by atoms with van der Waals surface area (Å²) in [5, 5.41) is 15.2. The van der Waals surface area contributed by atoms with Crippen LogP contribution in [0.15, 0.2) is 30.9 Å². The Bertz CT molecular complexity index is 799. The lowest BCUT2D eigenvalue weighted by Gasteiger charge is -2.20. The van der Waals surface area contributed by atoms with Crippen LogP contribution in [0.4, 0.5) is 18.9 Å². The molecule has 28 heavy (non-hydrogen) atoms. The first kappa shape index (κ1) is 23.4. The van der Waals surface area contributed by atoms with E-state index >= 15 is 0 Å². The van der Waals surface area contributed by atoms with E-state index in [1.165, 1.54) is 28.3 Å². The van der Waals surface area contributed by atoms with Gasteiger partial charge in [0.15, 0.2) is 0 Å². The molecular formula is C16H19ClF3N5O3. The SMILES string of the molecule is CCCN(CC(=O)O)CC(=O)Nc1cc(C(F)(F)F)ccc1-n1cncn1.Cl. The molecule has 0 saturated heterocycles. The van der Waals surface area contributed by atoms with E-state index in [2.05, 4.69) is 15.4 Å². The number of carbonyl (C=O) groups is 2. The van der Waals surface area contributed by atoms with Crippen LogP contribution in [0.5, 0.6) is 0 Å². The minimum Gasteiger partial charge on any atom is -0.480 e. The van der Waals surface area contributed by atoms with Crippen molar-refractivity contribution in [2.45, 2.75) is 19.5 Å². The summed E-state index contributed by atoms with van der Waals surface area (Å²) < 4.78 is 40.3. The number of carbonyl (C=O) groups excluding carboxylic acids is 1. The molecule has 2 aromatic rings. The topological polar surface area (TPSA) is 100 Å². The molecule has 0 bridgehead atoms. The van der Waals surface area contributed by atoms with Crippen molar-refractivity contribution in [3.63, 3.8) is 0 Å². The van der Waals surface area contributed by atoms with Gasteiger partial charge in [-0.2, -0.15) is 18.3 Å². The lowest BCUT2D eigenvalue weighted by Crippen LogP contribution is -2.37. The normalized spacial score (nSPS) is 11.2. The van der Waals surface area contributed by atoms with Gasteiger partial charge in [-0.15, -0.1) is 12.4 Å². The number of benzene rings is 1. The first-order chi connectivity index (χ1) is 12.7. The number of carboxylic acids is 1. The average Bonchev–Trinajstić information content (AvgIpc) is 3.07. The molecule has 1 aromatic carbocycles. The van der Waals surface area contributed by atoms with Crippen molar-refractivity contribution >= 4 is 30.0 Å². The largest absolute Gasteiger partial charge is 0.480 e. The number of hydrogen-bond acceptors (Lipinski definition) is 5. The van der Waals surface area contributed by atoms with E-state index in [0.29, 0.717) is 13.0 Å². The Balaban J connectivity index is 0.00000392. The summed E-state index contributed by atoms with van der Waals surface area (Å²) in [4.78, 5) is 28.3. The zero-order valence-electron chi connectivity index (χ0n) is 14.8. The molecule has 0 unspecified atom stereocenters. The van der Waals surface area contributed by atoms with Gasteiger partial charge < -0.3 is 10.4 Å². The fraction of sp³-hybridized carbons (Fsp3) is 0.375. The van der Waals surface area contributed by atoms with Crippen LogP contribution in [0.25, 0.3) is 5.69 Å². The van der Waals surface area contributed by atoms with Gasteiger partial charge in [-0.3, -0.25) is 14.5 Å². The average molecular weight is 422 g/mol. The van der Waals surface area contributed by atoms with Crippen LogP contribution in [0.3, 0.4) is 0 Å². The maximum Gasteiger partial charge on any atom is 0.416 e. The molecule has 0 saturated carbocycles. The van der Waals surface area contributed by atoms with Gasteiger partial charge in [0.2, 0.25) is 5.91 Å². The molecule has 1 heterocycles. The Morgan fingerprint density at radius 1 is 1.29 bits per heavy atom. The summed E-state index contributed by atoms with van der Waals surface area (Å²) in [6.07, 6.45) is -1.47.